The molecule has 0 saturated heterocycles. The van der Waals surface area contributed by atoms with Crippen LogP contribution in [0.5, 0.6) is 5.75 Å². The van der Waals surface area contributed by atoms with Gasteiger partial charge in [-0.2, -0.15) is 0 Å². The van der Waals surface area contributed by atoms with Crippen LogP contribution in [-0.4, -0.2) is 12.6 Å². The van der Waals surface area contributed by atoms with Gasteiger partial charge in [0.2, 0.25) is 0 Å². The van der Waals surface area contributed by atoms with E-state index in [-0.39, 0.29) is 0 Å². The summed E-state index contributed by atoms with van der Waals surface area (Å²) in [6.07, 6.45) is 1.15. The largest absolute Gasteiger partial charge is 0.493 e. The van der Waals surface area contributed by atoms with Crippen molar-refractivity contribution in [3.8, 4) is 5.75 Å². The van der Waals surface area contributed by atoms with Crippen LogP contribution in [0.4, 0.5) is 0 Å². The van der Waals surface area contributed by atoms with Gasteiger partial charge in [0.25, 0.3) is 0 Å². The molecule has 0 fully saturated rings. The molecule has 0 aliphatic rings. The minimum atomic E-state index is 0.478. The third-order valence-electron chi connectivity index (χ3n) is 2.94. The summed E-state index contributed by atoms with van der Waals surface area (Å²) in [7, 11) is 0. The summed E-state index contributed by atoms with van der Waals surface area (Å²) in [6.45, 7) is 10.3. The molecule has 0 spiro atoms. The molecular weight excluding hydrogens is 290 g/mol. The van der Waals surface area contributed by atoms with Gasteiger partial charge in [0.05, 0.1) is 6.61 Å². The van der Waals surface area contributed by atoms with Gasteiger partial charge in [0, 0.05) is 22.6 Å². The highest BCUT2D eigenvalue weighted by atomic mass is 79.9. The zero-order valence-corrected chi connectivity index (χ0v) is 13.4. The van der Waals surface area contributed by atoms with E-state index in [4.69, 9.17) is 4.74 Å². The second kappa shape index (κ2) is 7.80. The van der Waals surface area contributed by atoms with Crippen molar-refractivity contribution in [3.05, 3.63) is 28.2 Å². The molecule has 1 rings (SSSR count). The fourth-order valence-corrected chi connectivity index (χ4v) is 1.90. The zero-order valence-electron chi connectivity index (χ0n) is 11.8. The van der Waals surface area contributed by atoms with E-state index < -0.39 is 0 Å². The molecular formula is C15H24BrNO. The van der Waals surface area contributed by atoms with E-state index >= 15 is 0 Å². The molecule has 0 aliphatic heterocycles. The molecule has 18 heavy (non-hydrogen) atoms. The Balaban J connectivity index is 2.69. The van der Waals surface area contributed by atoms with Gasteiger partial charge >= 0.3 is 0 Å². The van der Waals surface area contributed by atoms with Crippen molar-refractivity contribution in [1.29, 1.82) is 0 Å². The summed E-state index contributed by atoms with van der Waals surface area (Å²) in [5.74, 6) is 1.59. The lowest BCUT2D eigenvalue weighted by molar-refractivity contribution is 0.253. The average Bonchev–Trinajstić information content (AvgIpc) is 2.34. The Morgan fingerprint density at radius 1 is 1.28 bits per heavy atom. The van der Waals surface area contributed by atoms with Gasteiger partial charge in [-0.1, -0.05) is 50.0 Å². The van der Waals surface area contributed by atoms with E-state index in [1.54, 1.807) is 0 Å². The standard InChI is InChI=1S/C15H24BrNO/c1-5-12(4)10-18-15-7-6-14(16)8-13(15)9-17-11(2)3/h6-8,11-12,17H,5,9-10H2,1-4H3. The van der Waals surface area contributed by atoms with Crippen molar-refractivity contribution in [2.75, 3.05) is 6.61 Å². The number of rotatable bonds is 7. The van der Waals surface area contributed by atoms with Crippen molar-refractivity contribution in [2.45, 2.75) is 46.7 Å². The van der Waals surface area contributed by atoms with Crippen LogP contribution in [0.1, 0.15) is 39.7 Å². The number of nitrogens with one attached hydrogen (secondary N) is 1. The maximum Gasteiger partial charge on any atom is 0.123 e. The lowest BCUT2D eigenvalue weighted by Gasteiger charge is -2.16. The first-order chi connectivity index (χ1) is 8.52. The van der Waals surface area contributed by atoms with Gasteiger partial charge in [-0.15, -0.1) is 0 Å². The molecule has 1 atom stereocenters. The molecule has 0 saturated carbocycles. The minimum Gasteiger partial charge on any atom is -0.493 e. The molecule has 2 nitrogen and oxygen atoms in total. The van der Waals surface area contributed by atoms with E-state index in [9.17, 15) is 0 Å². The number of halogens is 1. The molecule has 102 valence electrons. The van der Waals surface area contributed by atoms with Crippen molar-refractivity contribution in [1.82, 2.24) is 5.32 Å². The Labute approximate surface area is 119 Å². The molecule has 1 N–H and O–H groups in total. The van der Waals surface area contributed by atoms with Gasteiger partial charge < -0.3 is 10.1 Å². The van der Waals surface area contributed by atoms with Crippen molar-refractivity contribution in [3.63, 3.8) is 0 Å². The predicted octanol–water partition coefficient (Wildman–Crippen LogP) is 4.37. The van der Waals surface area contributed by atoms with E-state index in [0.29, 0.717) is 12.0 Å². The number of hydrogen-bond acceptors (Lipinski definition) is 2. The third-order valence-corrected chi connectivity index (χ3v) is 3.44. The van der Waals surface area contributed by atoms with Crippen molar-refractivity contribution >= 4 is 15.9 Å². The normalized spacial score (nSPS) is 12.8. The molecule has 1 aromatic carbocycles. The van der Waals surface area contributed by atoms with Crippen LogP contribution in [0.15, 0.2) is 22.7 Å². The Kier molecular flexibility index (Phi) is 6.72. The summed E-state index contributed by atoms with van der Waals surface area (Å²) in [4.78, 5) is 0. The van der Waals surface area contributed by atoms with E-state index in [2.05, 4.69) is 55.0 Å². The van der Waals surface area contributed by atoms with Crippen LogP contribution in [0.2, 0.25) is 0 Å². The number of benzene rings is 1. The zero-order chi connectivity index (χ0) is 13.5. The second-order valence-corrected chi connectivity index (χ2v) is 6.03. The van der Waals surface area contributed by atoms with Crippen molar-refractivity contribution in [2.24, 2.45) is 5.92 Å². The first-order valence-corrected chi connectivity index (χ1v) is 7.46. The van der Waals surface area contributed by atoms with Crippen molar-refractivity contribution < 1.29 is 4.74 Å². The molecule has 0 amide bonds. The third kappa shape index (κ3) is 5.40. The van der Waals surface area contributed by atoms with E-state index in [0.717, 1.165) is 29.8 Å². The molecule has 0 aromatic heterocycles. The monoisotopic (exact) mass is 313 g/mol. The molecule has 0 bridgehead atoms. The van der Waals surface area contributed by atoms with E-state index in [1.807, 2.05) is 12.1 Å². The first kappa shape index (κ1) is 15.5. The van der Waals surface area contributed by atoms with Crippen LogP contribution < -0.4 is 10.1 Å². The topological polar surface area (TPSA) is 21.3 Å². The Morgan fingerprint density at radius 2 is 2.00 bits per heavy atom. The van der Waals surface area contributed by atoms with E-state index in [1.165, 1.54) is 5.56 Å². The molecule has 3 heteroatoms. The lowest BCUT2D eigenvalue weighted by Crippen LogP contribution is -2.22. The second-order valence-electron chi connectivity index (χ2n) is 5.11. The summed E-state index contributed by atoms with van der Waals surface area (Å²) >= 11 is 3.51. The highest BCUT2D eigenvalue weighted by Crippen LogP contribution is 2.24. The van der Waals surface area contributed by atoms with Gasteiger partial charge in [-0.25, -0.2) is 0 Å². The number of hydrogen-bond donors (Lipinski definition) is 1. The summed E-state index contributed by atoms with van der Waals surface area (Å²) in [6, 6.07) is 6.68. The summed E-state index contributed by atoms with van der Waals surface area (Å²) in [5.41, 5.74) is 1.21. The molecule has 1 unspecified atom stereocenters. The molecule has 0 aliphatic carbocycles. The molecule has 0 radical (unpaired) electrons. The summed E-state index contributed by atoms with van der Waals surface area (Å²) < 4.78 is 7.01. The maximum atomic E-state index is 5.92. The SMILES string of the molecule is CCC(C)COc1ccc(Br)cc1CNC(C)C. The minimum absolute atomic E-state index is 0.478. The quantitative estimate of drug-likeness (QED) is 0.807. The maximum absolute atomic E-state index is 5.92. The van der Waals surface area contributed by atoms with Crippen LogP contribution in [0, 0.1) is 5.92 Å². The van der Waals surface area contributed by atoms with Crippen LogP contribution in [-0.2, 0) is 6.54 Å². The average molecular weight is 314 g/mol. The first-order valence-electron chi connectivity index (χ1n) is 6.67. The smallest absolute Gasteiger partial charge is 0.123 e. The number of ether oxygens (including phenoxy) is 1. The fourth-order valence-electron chi connectivity index (χ4n) is 1.49. The Hall–Kier alpha value is -0.540. The van der Waals surface area contributed by atoms with Crippen LogP contribution in [0.3, 0.4) is 0 Å². The van der Waals surface area contributed by atoms with Gasteiger partial charge in [-0.05, 0) is 24.1 Å². The molecule has 0 heterocycles. The van der Waals surface area contributed by atoms with Gasteiger partial charge in [0.1, 0.15) is 5.75 Å². The van der Waals surface area contributed by atoms with Crippen LogP contribution >= 0.6 is 15.9 Å². The fraction of sp³-hybridized carbons (Fsp3) is 0.600. The highest BCUT2D eigenvalue weighted by Gasteiger charge is 2.07. The lowest BCUT2D eigenvalue weighted by atomic mass is 10.1. The Morgan fingerprint density at radius 3 is 2.61 bits per heavy atom. The molecule has 1 aromatic rings. The Bertz CT molecular complexity index is 366. The predicted molar refractivity (Wildman–Crippen MR) is 81.1 cm³/mol. The summed E-state index contributed by atoms with van der Waals surface area (Å²) in [5, 5.41) is 3.43. The van der Waals surface area contributed by atoms with Gasteiger partial charge in [-0.3, -0.25) is 0 Å². The van der Waals surface area contributed by atoms with Gasteiger partial charge in [0.15, 0.2) is 0 Å². The van der Waals surface area contributed by atoms with Crippen LogP contribution in [0.25, 0.3) is 0 Å². The highest BCUT2D eigenvalue weighted by molar-refractivity contribution is 9.10.